The van der Waals surface area contributed by atoms with E-state index in [9.17, 15) is 59.4 Å². The molecule has 0 aromatic carbocycles. The number of carbonyl (C=O) groups is 6. The van der Waals surface area contributed by atoms with Crippen LogP contribution in [-0.4, -0.2) is 190 Å². The van der Waals surface area contributed by atoms with Crippen LogP contribution in [0.2, 0.25) is 0 Å². The van der Waals surface area contributed by atoms with Gasteiger partial charge in [0.05, 0.1) is 17.9 Å². The van der Waals surface area contributed by atoms with Crippen molar-refractivity contribution in [1.82, 2.24) is 0 Å². The van der Waals surface area contributed by atoms with E-state index in [4.69, 9.17) is 17.2 Å². The number of carboxylic acid groups (broad SMARTS) is 6. The molecule has 18 heteroatoms. The molecule has 0 amide bonds. The molecule has 0 unspecified atom stereocenters. The van der Waals surface area contributed by atoms with Crippen LogP contribution in [0.1, 0.15) is 38.5 Å². The van der Waals surface area contributed by atoms with Crippen molar-refractivity contribution >= 4 is 172 Å². The number of hydrogen-bond donors (Lipinski definition) is 3. The normalized spacial score (nSPS) is 11.4. The third kappa shape index (κ3) is 40.6. The van der Waals surface area contributed by atoms with E-state index in [2.05, 4.69) is 0 Å². The van der Waals surface area contributed by atoms with Crippen molar-refractivity contribution < 1.29 is 59.4 Å². The number of carbonyl (C=O) groups excluding carboxylic acids is 6. The number of nitrogens with two attached hydrogens (primary N) is 3. The molecule has 174 valence electrons. The van der Waals surface area contributed by atoms with Crippen LogP contribution in [-0.2, 0) is 28.8 Å². The van der Waals surface area contributed by atoms with Crippen LogP contribution in [0.4, 0.5) is 0 Å². The van der Waals surface area contributed by atoms with Gasteiger partial charge in [0, 0.05) is 36.0 Å². The van der Waals surface area contributed by atoms with Gasteiger partial charge in [0.25, 0.3) is 0 Å². The Labute approximate surface area is 300 Å². The second-order valence-electron chi connectivity index (χ2n) is 5.51. The van der Waals surface area contributed by atoms with Crippen LogP contribution in [0.3, 0.4) is 0 Å². The second kappa shape index (κ2) is 29.4. The van der Waals surface area contributed by atoms with Crippen LogP contribution >= 0.6 is 0 Å². The van der Waals surface area contributed by atoms with E-state index < -0.39 is 53.9 Å². The summed E-state index contributed by atoms with van der Waals surface area (Å²) < 4.78 is 0. The van der Waals surface area contributed by atoms with Crippen LogP contribution in [0, 0.1) is 0 Å². The summed E-state index contributed by atoms with van der Waals surface area (Å²) in [6.07, 6.45) is -1.50. The Balaban J connectivity index is -0.0000000792. The van der Waals surface area contributed by atoms with Gasteiger partial charge in [-0.25, -0.2) is 0 Å². The number of carboxylic acids is 6. The maximum atomic E-state index is 9.86. The molecule has 33 heavy (non-hydrogen) atoms. The molecule has 0 saturated heterocycles. The first-order valence-electron chi connectivity index (χ1n) is 8.10. The Morgan fingerprint density at radius 3 is 0.697 bits per heavy atom. The molecule has 3 atom stereocenters. The number of hydrogen-bond acceptors (Lipinski definition) is 15. The van der Waals surface area contributed by atoms with E-state index in [1.807, 2.05) is 0 Å². The summed E-state index contributed by atoms with van der Waals surface area (Å²) in [6.45, 7) is 0. The fraction of sp³-hybridized carbons (Fsp3) is 0.600. The maximum absolute atomic E-state index is 9.86. The molecular formula is C15H21N3O12Sr3. The monoisotopic (exact) mass is 699 g/mol. The van der Waals surface area contributed by atoms with E-state index in [1.165, 1.54) is 0 Å². The first kappa shape index (κ1) is 47.4. The smallest absolute Gasteiger partial charge is 0.550 e. The van der Waals surface area contributed by atoms with E-state index in [1.54, 1.807) is 0 Å². The van der Waals surface area contributed by atoms with Gasteiger partial charge in [-0.15, -0.1) is 0 Å². The predicted molar refractivity (Wildman–Crippen MR) is 98.9 cm³/mol. The Bertz CT molecular complexity index is 529. The maximum Gasteiger partial charge on any atom is 2.00 e. The molecule has 0 bridgehead atoms. The van der Waals surface area contributed by atoms with Crippen molar-refractivity contribution in [2.45, 2.75) is 56.7 Å². The van der Waals surface area contributed by atoms with Gasteiger partial charge in [-0.05, 0) is 38.5 Å². The summed E-state index contributed by atoms with van der Waals surface area (Å²) in [5, 5.41) is 58.8. The van der Waals surface area contributed by atoms with Gasteiger partial charge < -0.3 is 76.6 Å². The van der Waals surface area contributed by atoms with E-state index in [-0.39, 0.29) is 175 Å². The zero-order chi connectivity index (χ0) is 24.4. The average Bonchev–Trinajstić information content (AvgIpc) is 2.62. The van der Waals surface area contributed by atoms with Gasteiger partial charge in [-0.3, -0.25) is 0 Å². The van der Waals surface area contributed by atoms with Gasteiger partial charge in [0.15, 0.2) is 0 Å². The third-order valence-electron chi connectivity index (χ3n) is 2.89. The minimum Gasteiger partial charge on any atom is -0.550 e. The molecule has 0 aromatic rings. The summed E-state index contributed by atoms with van der Waals surface area (Å²) >= 11 is 0. The molecule has 0 saturated carbocycles. The van der Waals surface area contributed by atoms with E-state index in [0.29, 0.717) is 0 Å². The molecule has 6 N–H and O–H groups in total. The van der Waals surface area contributed by atoms with Crippen LogP contribution in [0.15, 0.2) is 0 Å². The van der Waals surface area contributed by atoms with Gasteiger partial charge in [0.2, 0.25) is 0 Å². The quantitative estimate of drug-likeness (QED) is 0.159. The summed E-state index contributed by atoms with van der Waals surface area (Å²) in [5.41, 5.74) is 14.7. The first-order valence-corrected chi connectivity index (χ1v) is 8.10. The Hall–Kier alpha value is 1.14. The molecule has 0 aliphatic carbocycles. The van der Waals surface area contributed by atoms with Crippen molar-refractivity contribution in [1.29, 1.82) is 0 Å². The molecule has 0 aliphatic rings. The molecular weight excluding hydrogens is 677 g/mol. The molecule has 15 nitrogen and oxygen atoms in total. The fourth-order valence-corrected chi connectivity index (χ4v) is 1.17. The van der Waals surface area contributed by atoms with Crippen LogP contribution in [0.5, 0.6) is 0 Å². The van der Waals surface area contributed by atoms with Crippen molar-refractivity contribution in [2.24, 2.45) is 17.2 Å². The van der Waals surface area contributed by atoms with Crippen LogP contribution in [0.25, 0.3) is 0 Å². The van der Waals surface area contributed by atoms with E-state index >= 15 is 0 Å². The van der Waals surface area contributed by atoms with Crippen molar-refractivity contribution in [2.75, 3.05) is 0 Å². The summed E-state index contributed by atoms with van der Waals surface area (Å²) in [7, 11) is 0. The summed E-state index contributed by atoms with van der Waals surface area (Å²) in [6, 6.07) is -3.63. The topological polar surface area (TPSA) is 319 Å². The first-order chi connectivity index (χ1) is 13.6. The summed E-state index contributed by atoms with van der Waals surface area (Å²) in [5.74, 6) is -8.26. The van der Waals surface area contributed by atoms with Crippen molar-refractivity contribution in [3.63, 3.8) is 0 Å². The predicted octanol–water partition coefficient (Wildman–Crippen LogP) is -11.4. The Morgan fingerprint density at radius 1 is 0.455 bits per heavy atom. The number of aliphatic carboxylic acids is 6. The zero-order valence-electron chi connectivity index (χ0n) is 17.7. The number of rotatable bonds is 12. The fourth-order valence-electron chi connectivity index (χ4n) is 1.17. The van der Waals surface area contributed by atoms with Crippen molar-refractivity contribution in [3.8, 4) is 0 Å². The van der Waals surface area contributed by atoms with Gasteiger partial charge >= 0.3 is 136 Å². The molecule has 0 spiro atoms. The molecule has 0 fully saturated rings. The molecule has 0 aliphatic heterocycles. The largest absolute Gasteiger partial charge is 2.00 e. The van der Waals surface area contributed by atoms with Crippen LogP contribution < -0.4 is 47.8 Å². The third-order valence-corrected chi connectivity index (χ3v) is 2.89. The molecule has 0 aromatic heterocycles. The Morgan fingerprint density at radius 2 is 0.606 bits per heavy atom. The van der Waals surface area contributed by atoms with Gasteiger partial charge in [-0.2, -0.15) is 0 Å². The Kier molecular flexibility index (Phi) is 42.1. The minimum atomic E-state index is -1.44. The van der Waals surface area contributed by atoms with E-state index in [0.717, 1.165) is 0 Å². The molecule has 0 rings (SSSR count). The zero-order valence-corrected chi connectivity index (χ0v) is 28.2. The molecule has 0 radical (unpaired) electrons. The van der Waals surface area contributed by atoms with Crippen molar-refractivity contribution in [3.05, 3.63) is 0 Å². The second-order valence-corrected chi connectivity index (χ2v) is 5.51. The minimum absolute atomic E-state index is 0. The van der Waals surface area contributed by atoms with Gasteiger partial charge in [-0.1, -0.05) is 0 Å². The molecule has 0 heterocycles. The average molecular weight is 698 g/mol. The summed E-state index contributed by atoms with van der Waals surface area (Å²) in [4.78, 5) is 58.8. The SMILES string of the molecule is N[C@@H](CCC(=O)[O-])C(=O)[O-].N[C@@H](CCC(=O)[O-])C(=O)[O-].N[C@@H](CCC(=O)[O-])C(=O)[O-].[Sr+2].[Sr+2].[Sr+2]. The van der Waals surface area contributed by atoms with Gasteiger partial charge in [0.1, 0.15) is 0 Å². The standard InChI is InChI=1S/3C5H9NO4.3Sr/c3*6-3(5(9)10)1-2-4(7)8;;;/h3*3H,1-2,6H2,(H,7,8)(H,9,10);;;/q;;;3*+2/p-6/t3*3-;;;/m000.../s1.